The number of hydrogen-bond acceptors (Lipinski definition) is 6. The number of aryl methyl sites for hydroxylation is 1. The first-order valence-corrected chi connectivity index (χ1v) is 9.15. The van der Waals surface area contributed by atoms with E-state index in [4.69, 9.17) is 14.3 Å². The summed E-state index contributed by atoms with van der Waals surface area (Å²) in [7, 11) is -3.93. The summed E-state index contributed by atoms with van der Waals surface area (Å²) in [5, 5.41) is 7.92. The molecule has 24 heavy (non-hydrogen) atoms. The molecule has 134 valence electrons. The highest BCUT2D eigenvalue weighted by Gasteiger charge is 2.27. The van der Waals surface area contributed by atoms with Crippen molar-refractivity contribution in [3.05, 3.63) is 29.8 Å². The third-order valence-corrected chi connectivity index (χ3v) is 4.55. The molecule has 0 heterocycles. The molecule has 1 rings (SSSR count). The molecule has 0 bridgehead atoms. The number of nitrogens with one attached hydrogen (secondary N) is 1. The Balaban J connectivity index is 2.77. The largest absolute Gasteiger partial charge is 0.455 e. The molecule has 7 heteroatoms. The van der Waals surface area contributed by atoms with Gasteiger partial charge in [0, 0.05) is 5.92 Å². The molecule has 0 saturated heterocycles. The maximum atomic E-state index is 12.2. The Morgan fingerprint density at radius 2 is 1.75 bits per heavy atom. The monoisotopic (exact) mass is 355 g/mol. The molecule has 0 aliphatic heterocycles. The van der Waals surface area contributed by atoms with E-state index in [2.05, 4.69) is 0 Å². The summed E-state index contributed by atoms with van der Waals surface area (Å²) in [5.74, 6) is -1.41. The Hall–Kier alpha value is -1.73. The fourth-order valence-electron chi connectivity index (χ4n) is 1.85. The van der Waals surface area contributed by atoms with Crippen LogP contribution < -0.4 is 0 Å². The summed E-state index contributed by atoms with van der Waals surface area (Å²) in [6.45, 7) is 8.45. The highest BCUT2D eigenvalue weighted by atomic mass is 32.2. The van der Waals surface area contributed by atoms with Crippen LogP contribution in [0.5, 0.6) is 0 Å². The second kappa shape index (κ2) is 7.90. The molecule has 0 spiro atoms. The second-order valence-corrected chi connectivity index (χ2v) is 8.19. The Morgan fingerprint density at radius 3 is 2.21 bits per heavy atom. The van der Waals surface area contributed by atoms with Gasteiger partial charge in [-0.25, -0.2) is 4.79 Å². The van der Waals surface area contributed by atoms with Gasteiger partial charge in [-0.15, -0.1) is 0 Å². The van der Waals surface area contributed by atoms with Gasteiger partial charge in [-0.3, -0.25) is 9.59 Å². The van der Waals surface area contributed by atoms with Gasteiger partial charge in [-0.05, 0) is 46.2 Å². The standard InChI is InChI=1S/C17H25NO5S/c1-6-13(15(18)16(19)23-17(3,4)5)11-22-24(20,21)14-9-7-12(2)8-10-14/h7-10,13,18H,6,11H2,1-5H3/t13-/m1/s1. The van der Waals surface area contributed by atoms with Gasteiger partial charge < -0.3 is 4.74 Å². The lowest BCUT2D eigenvalue weighted by molar-refractivity contribution is -0.146. The van der Waals surface area contributed by atoms with Crippen molar-refractivity contribution in [1.29, 1.82) is 5.41 Å². The lowest BCUT2D eigenvalue weighted by atomic mass is 10.0. The second-order valence-electron chi connectivity index (χ2n) is 6.57. The maximum Gasteiger partial charge on any atom is 0.352 e. The number of ether oxygens (including phenoxy) is 1. The van der Waals surface area contributed by atoms with Crippen LogP contribution >= 0.6 is 0 Å². The predicted molar refractivity (Wildman–Crippen MR) is 91.7 cm³/mol. The zero-order chi connectivity index (χ0) is 18.5. The van der Waals surface area contributed by atoms with E-state index in [1.165, 1.54) is 12.1 Å². The quantitative estimate of drug-likeness (QED) is 0.461. The Kier molecular flexibility index (Phi) is 6.68. The summed E-state index contributed by atoms with van der Waals surface area (Å²) in [5.41, 5.74) is -0.0603. The highest BCUT2D eigenvalue weighted by Crippen LogP contribution is 2.17. The van der Waals surface area contributed by atoms with E-state index >= 15 is 0 Å². The van der Waals surface area contributed by atoms with E-state index in [0.717, 1.165) is 5.56 Å². The number of benzene rings is 1. The average molecular weight is 355 g/mol. The normalized spacial score (nSPS) is 13.4. The van der Waals surface area contributed by atoms with E-state index in [9.17, 15) is 13.2 Å². The summed E-state index contributed by atoms with van der Waals surface area (Å²) >= 11 is 0. The van der Waals surface area contributed by atoms with Crippen LogP contribution in [0.3, 0.4) is 0 Å². The van der Waals surface area contributed by atoms with Crippen molar-refractivity contribution in [2.75, 3.05) is 6.61 Å². The molecule has 0 aromatic heterocycles. The first-order valence-electron chi connectivity index (χ1n) is 7.74. The predicted octanol–water partition coefficient (Wildman–Crippen LogP) is 3.09. The Labute approximate surface area is 143 Å². The third kappa shape index (κ3) is 6.05. The smallest absolute Gasteiger partial charge is 0.352 e. The van der Waals surface area contributed by atoms with Gasteiger partial charge in [0.05, 0.1) is 11.5 Å². The van der Waals surface area contributed by atoms with Crippen LogP contribution in [0.4, 0.5) is 0 Å². The van der Waals surface area contributed by atoms with Gasteiger partial charge in [-0.2, -0.15) is 8.42 Å². The van der Waals surface area contributed by atoms with Gasteiger partial charge in [-0.1, -0.05) is 24.6 Å². The number of carbonyl (C=O) groups is 1. The summed E-state index contributed by atoms with van der Waals surface area (Å²) < 4.78 is 34.5. The number of carbonyl (C=O) groups excluding carboxylic acids is 1. The Morgan fingerprint density at radius 1 is 1.21 bits per heavy atom. The van der Waals surface area contributed by atoms with E-state index in [1.807, 2.05) is 6.92 Å². The van der Waals surface area contributed by atoms with Crippen molar-refractivity contribution < 1.29 is 22.1 Å². The molecule has 0 unspecified atom stereocenters. The van der Waals surface area contributed by atoms with Gasteiger partial charge in [0.2, 0.25) is 0 Å². The van der Waals surface area contributed by atoms with Crippen molar-refractivity contribution in [1.82, 2.24) is 0 Å². The fraction of sp³-hybridized carbons (Fsp3) is 0.529. The first kappa shape index (κ1) is 20.3. The van der Waals surface area contributed by atoms with Gasteiger partial charge in [0.15, 0.2) is 0 Å². The maximum absolute atomic E-state index is 12.2. The van der Waals surface area contributed by atoms with Gasteiger partial charge in [0.25, 0.3) is 10.1 Å². The van der Waals surface area contributed by atoms with Crippen molar-refractivity contribution in [2.24, 2.45) is 5.92 Å². The average Bonchev–Trinajstić information content (AvgIpc) is 2.46. The minimum Gasteiger partial charge on any atom is -0.455 e. The minimum atomic E-state index is -3.93. The topological polar surface area (TPSA) is 93.5 Å². The summed E-state index contributed by atoms with van der Waals surface area (Å²) in [4.78, 5) is 12.0. The molecule has 0 saturated carbocycles. The molecule has 0 aliphatic rings. The lowest BCUT2D eigenvalue weighted by Crippen LogP contribution is -2.34. The van der Waals surface area contributed by atoms with E-state index in [1.54, 1.807) is 39.8 Å². The van der Waals surface area contributed by atoms with Crippen LogP contribution in [0.1, 0.15) is 39.7 Å². The number of rotatable bonds is 7. The SMILES string of the molecule is CC[C@H](COS(=O)(=O)c1ccc(C)cc1)C(=N)C(=O)OC(C)(C)C. The molecule has 0 amide bonds. The molecule has 0 fully saturated rings. The van der Waals surface area contributed by atoms with Crippen LogP contribution in [-0.2, 0) is 23.8 Å². The molecular formula is C17H25NO5S. The number of hydrogen-bond donors (Lipinski definition) is 1. The van der Waals surface area contributed by atoms with Crippen LogP contribution in [-0.4, -0.2) is 32.3 Å². The molecule has 1 atom stereocenters. The summed E-state index contributed by atoms with van der Waals surface area (Å²) in [6.07, 6.45) is 0.390. The summed E-state index contributed by atoms with van der Waals surface area (Å²) in [6, 6.07) is 6.28. The molecule has 1 aromatic carbocycles. The minimum absolute atomic E-state index is 0.0479. The zero-order valence-electron chi connectivity index (χ0n) is 14.8. The van der Waals surface area contributed by atoms with Crippen LogP contribution in [0.2, 0.25) is 0 Å². The van der Waals surface area contributed by atoms with Crippen molar-refractivity contribution in [3.63, 3.8) is 0 Å². The number of esters is 1. The van der Waals surface area contributed by atoms with Gasteiger partial charge >= 0.3 is 5.97 Å². The Bertz CT molecular complexity index is 687. The molecule has 6 nitrogen and oxygen atoms in total. The highest BCUT2D eigenvalue weighted by molar-refractivity contribution is 7.86. The van der Waals surface area contributed by atoms with E-state index in [-0.39, 0.29) is 17.2 Å². The van der Waals surface area contributed by atoms with Crippen molar-refractivity contribution in [2.45, 2.75) is 51.5 Å². The third-order valence-electron chi connectivity index (χ3n) is 3.25. The molecule has 0 aliphatic carbocycles. The van der Waals surface area contributed by atoms with Crippen LogP contribution in [0, 0.1) is 18.3 Å². The van der Waals surface area contributed by atoms with E-state index in [0.29, 0.717) is 6.42 Å². The fourth-order valence-corrected chi connectivity index (χ4v) is 2.80. The van der Waals surface area contributed by atoms with Crippen LogP contribution in [0.15, 0.2) is 29.2 Å². The van der Waals surface area contributed by atoms with Crippen LogP contribution in [0.25, 0.3) is 0 Å². The first-order chi connectivity index (χ1) is 11.0. The van der Waals surface area contributed by atoms with Crippen molar-refractivity contribution >= 4 is 21.8 Å². The molecule has 1 N–H and O–H groups in total. The van der Waals surface area contributed by atoms with E-state index < -0.39 is 27.6 Å². The molecule has 0 radical (unpaired) electrons. The van der Waals surface area contributed by atoms with Gasteiger partial charge in [0.1, 0.15) is 11.3 Å². The zero-order valence-corrected chi connectivity index (χ0v) is 15.6. The van der Waals surface area contributed by atoms with Crippen molar-refractivity contribution in [3.8, 4) is 0 Å². The molecular weight excluding hydrogens is 330 g/mol. The lowest BCUT2D eigenvalue weighted by Gasteiger charge is -2.22. The molecule has 1 aromatic rings.